The Bertz CT molecular complexity index is 769. The first kappa shape index (κ1) is 18.1. The number of allylic oxidation sites excluding steroid dienone is 1. The van der Waals surface area contributed by atoms with Crippen molar-refractivity contribution in [3.63, 3.8) is 0 Å². The lowest BCUT2D eigenvalue weighted by Crippen LogP contribution is -2.09. The molecule has 0 aliphatic heterocycles. The minimum absolute atomic E-state index is 0.0294. The monoisotopic (exact) mass is 348 g/mol. The van der Waals surface area contributed by atoms with E-state index in [1.807, 2.05) is 0 Å². The van der Waals surface area contributed by atoms with E-state index in [4.69, 9.17) is 9.84 Å². The molecular weight excluding hydrogens is 334 g/mol. The fraction of sp³-hybridized carbons (Fsp3) is 0.111. The number of carboxylic acids is 1. The summed E-state index contributed by atoms with van der Waals surface area (Å²) < 4.78 is 33.4. The van der Waals surface area contributed by atoms with Crippen molar-refractivity contribution in [2.24, 2.45) is 0 Å². The minimum Gasteiger partial charge on any atom is -0.482 e. The highest BCUT2D eigenvalue weighted by molar-refractivity contribution is 6.07. The normalized spacial score (nSPS) is 10.8. The van der Waals surface area contributed by atoms with E-state index in [1.54, 1.807) is 18.2 Å². The number of hydrogen-bond donors (Lipinski definition) is 1. The van der Waals surface area contributed by atoms with Crippen LogP contribution in [-0.4, -0.2) is 30.1 Å². The van der Waals surface area contributed by atoms with Gasteiger partial charge in [0.2, 0.25) is 0 Å². The molecule has 0 spiro atoms. The SMILES string of the molecule is O=C(O)COc1cccc(C(=O)/C=C/c2ccc(OC(F)F)cc2)c1. The first-order valence-electron chi connectivity index (χ1n) is 7.16. The fourth-order valence-electron chi connectivity index (χ4n) is 1.91. The maximum Gasteiger partial charge on any atom is 0.387 e. The van der Waals surface area contributed by atoms with Crippen LogP contribution >= 0.6 is 0 Å². The number of benzene rings is 2. The molecule has 2 aromatic rings. The quantitative estimate of drug-likeness (QED) is 0.582. The van der Waals surface area contributed by atoms with Crippen LogP contribution in [0.5, 0.6) is 11.5 Å². The molecule has 7 heteroatoms. The number of hydrogen-bond acceptors (Lipinski definition) is 4. The van der Waals surface area contributed by atoms with E-state index in [0.29, 0.717) is 11.1 Å². The Kier molecular flexibility index (Phi) is 6.22. The first-order chi connectivity index (χ1) is 11.9. The summed E-state index contributed by atoms with van der Waals surface area (Å²) in [5.74, 6) is -1.12. The maximum absolute atomic E-state index is 12.1. The third-order valence-corrected chi connectivity index (χ3v) is 3.01. The van der Waals surface area contributed by atoms with Crippen LogP contribution < -0.4 is 9.47 Å². The van der Waals surface area contributed by atoms with Crippen LogP contribution in [0.3, 0.4) is 0 Å². The van der Waals surface area contributed by atoms with Crippen molar-refractivity contribution < 1.29 is 33.0 Å². The van der Waals surface area contributed by atoms with Gasteiger partial charge >= 0.3 is 12.6 Å². The zero-order valence-electron chi connectivity index (χ0n) is 12.9. The van der Waals surface area contributed by atoms with E-state index in [9.17, 15) is 18.4 Å². The average molecular weight is 348 g/mol. The van der Waals surface area contributed by atoms with Crippen LogP contribution in [0.25, 0.3) is 6.08 Å². The Labute approximate surface area is 142 Å². The molecule has 1 N–H and O–H groups in total. The van der Waals surface area contributed by atoms with Crippen molar-refractivity contribution in [3.05, 3.63) is 65.7 Å². The number of carbonyl (C=O) groups excluding carboxylic acids is 1. The fourth-order valence-corrected chi connectivity index (χ4v) is 1.91. The Morgan fingerprint density at radius 2 is 1.80 bits per heavy atom. The number of halogens is 2. The van der Waals surface area contributed by atoms with Gasteiger partial charge < -0.3 is 14.6 Å². The summed E-state index contributed by atoms with van der Waals surface area (Å²) in [6.45, 7) is -3.39. The number of ketones is 1. The largest absolute Gasteiger partial charge is 0.482 e. The lowest BCUT2D eigenvalue weighted by Gasteiger charge is -2.04. The third kappa shape index (κ3) is 6.06. The van der Waals surface area contributed by atoms with Crippen LogP contribution in [0.4, 0.5) is 8.78 Å². The number of ether oxygens (including phenoxy) is 2. The summed E-state index contributed by atoms with van der Waals surface area (Å²) in [7, 11) is 0. The first-order valence-corrected chi connectivity index (χ1v) is 7.16. The Morgan fingerprint density at radius 1 is 1.08 bits per heavy atom. The van der Waals surface area contributed by atoms with Crippen molar-refractivity contribution in [2.75, 3.05) is 6.61 Å². The highest BCUT2D eigenvalue weighted by atomic mass is 19.3. The van der Waals surface area contributed by atoms with E-state index in [1.165, 1.54) is 42.5 Å². The maximum atomic E-state index is 12.1. The molecule has 0 unspecified atom stereocenters. The molecule has 0 aromatic heterocycles. The summed E-state index contributed by atoms with van der Waals surface area (Å²) in [5.41, 5.74) is 0.963. The molecule has 0 radical (unpaired) electrons. The van der Waals surface area contributed by atoms with Gasteiger partial charge in [0.25, 0.3) is 0 Å². The molecule has 0 heterocycles. The molecule has 0 aliphatic rings. The van der Waals surface area contributed by atoms with Gasteiger partial charge in [-0.15, -0.1) is 0 Å². The van der Waals surface area contributed by atoms with Gasteiger partial charge in [0, 0.05) is 5.56 Å². The van der Waals surface area contributed by atoms with E-state index in [0.717, 1.165) is 0 Å². The predicted molar refractivity (Wildman–Crippen MR) is 86.0 cm³/mol. The second-order valence-electron chi connectivity index (χ2n) is 4.86. The number of rotatable bonds is 8. The van der Waals surface area contributed by atoms with Crippen LogP contribution in [0.15, 0.2) is 54.6 Å². The molecule has 0 amide bonds. The smallest absolute Gasteiger partial charge is 0.387 e. The van der Waals surface area contributed by atoms with E-state index in [2.05, 4.69) is 4.74 Å². The van der Waals surface area contributed by atoms with Gasteiger partial charge in [-0.2, -0.15) is 8.78 Å². The van der Waals surface area contributed by atoms with Gasteiger partial charge in [-0.05, 0) is 35.9 Å². The van der Waals surface area contributed by atoms with Crippen LogP contribution in [0, 0.1) is 0 Å². The molecule has 2 rings (SSSR count). The highest BCUT2D eigenvalue weighted by Crippen LogP contribution is 2.17. The summed E-state index contributed by atoms with van der Waals surface area (Å²) in [5, 5.41) is 8.58. The Balaban J connectivity index is 2.02. The highest BCUT2D eigenvalue weighted by Gasteiger charge is 2.06. The van der Waals surface area contributed by atoms with Crippen molar-refractivity contribution in [1.29, 1.82) is 0 Å². The summed E-state index contributed by atoms with van der Waals surface area (Å²) >= 11 is 0. The number of alkyl halides is 2. The van der Waals surface area contributed by atoms with Crippen LogP contribution in [-0.2, 0) is 4.79 Å². The molecule has 0 atom stereocenters. The third-order valence-electron chi connectivity index (χ3n) is 3.01. The lowest BCUT2D eigenvalue weighted by molar-refractivity contribution is -0.139. The molecule has 5 nitrogen and oxygen atoms in total. The van der Waals surface area contributed by atoms with Gasteiger partial charge in [0.15, 0.2) is 12.4 Å². The Hall–Kier alpha value is -3.22. The molecule has 2 aromatic carbocycles. The van der Waals surface area contributed by atoms with Gasteiger partial charge in [0.05, 0.1) is 0 Å². The second-order valence-corrected chi connectivity index (χ2v) is 4.86. The average Bonchev–Trinajstić information content (AvgIpc) is 2.59. The lowest BCUT2D eigenvalue weighted by atomic mass is 10.1. The molecule has 130 valence electrons. The van der Waals surface area contributed by atoms with Crippen molar-refractivity contribution in [1.82, 2.24) is 0 Å². The summed E-state index contributed by atoms with van der Waals surface area (Å²) in [6, 6.07) is 11.9. The van der Waals surface area contributed by atoms with Gasteiger partial charge in [-0.3, -0.25) is 4.79 Å². The second kappa shape index (κ2) is 8.58. The molecule has 0 fully saturated rings. The molecule has 25 heavy (non-hydrogen) atoms. The molecule has 0 aliphatic carbocycles. The van der Waals surface area contributed by atoms with Crippen LogP contribution in [0.2, 0.25) is 0 Å². The number of aliphatic carboxylic acids is 1. The Morgan fingerprint density at radius 3 is 2.44 bits per heavy atom. The zero-order chi connectivity index (χ0) is 18.2. The van der Waals surface area contributed by atoms with E-state index in [-0.39, 0.29) is 17.3 Å². The summed E-state index contributed by atoms with van der Waals surface area (Å²) in [4.78, 5) is 22.6. The van der Waals surface area contributed by atoms with E-state index < -0.39 is 19.2 Å². The molecular formula is C18H14F2O5. The summed E-state index contributed by atoms with van der Waals surface area (Å²) in [6.07, 6.45) is 2.85. The van der Waals surface area contributed by atoms with Crippen LogP contribution in [0.1, 0.15) is 15.9 Å². The zero-order valence-corrected chi connectivity index (χ0v) is 12.9. The van der Waals surface area contributed by atoms with Gasteiger partial charge in [-0.1, -0.05) is 30.3 Å². The van der Waals surface area contributed by atoms with Gasteiger partial charge in [-0.25, -0.2) is 4.79 Å². The molecule has 0 bridgehead atoms. The minimum atomic E-state index is -2.89. The van der Waals surface area contributed by atoms with E-state index >= 15 is 0 Å². The topological polar surface area (TPSA) is 72.8 Å². The predicted octanol–water partition coefficient (Wildman–Crippen LogP) is 3.65. The van der Waals surface area contributed by atoms with Crippen molar-refractivity contribution >= 4 is 17.8 Å². The van der Waals surface area contributed by atoms with Gasteiger partial charge in [0.1, 0.15) is 11.5 Å². The molecule has 0 saturated heterocycles. The number of carboxylic acid groups (broad SMARTS) is 1. The number of carbonyl (C=O) groups is 2. The standard InChI is InChI=1S/C18H14F2O5/c19-18(20)25-14-7-4-12(5-8-14)6-9-16(21)13-2-1-3-15(10-13)24-11-17(22)23/h1-10,18H,11H2,(H,22,23)/b9-6+. The molecule has 0 saturated carbocycles. The van der Waals surface area contributed by atoms with Crippen molar-refractivity contribution in [2.45, 2.75) is 6.61 Å². The van der Waals surface area contributed by atoms with Crippen molar-refractivity contribution in [3.8, 4) is 11.5 Å².